The number of hydrogen-bond acceptors (Lipinski definition) is 12. The minimum atomic E-state index is -3.84. The lowest BCUT2D eigenvalue weighted by Gasteiger charge is -2.17. The van der Waals surface area contributed by atoms with E-state index >= 15 is 0 Å². The molecule has 4 aromatic rings. The number of sulfone groups is 4. The Morgan fingerprint density at radius 1 is 0.686 bits per heavy atom. The van der Waals surface area contributed by atoms with Crippen LogP contribution in [0.3, 0.4) is 0 Å². The number of carbonyl (C=O) groups is 2. The van der Waals surface area contributed by atoms with Crippen LogP contribution in [-0.2, 0) is 39.3 Å². The van der Waals surface area contributed by atoms with Gasteiger partial charge in [-0.3, -0.25) is 19.4 Å². The zero-order valence-corrected chi connectivity index (χ0v) is 31.3. The summed E-state index contributed by atoms with van der Waals surface area (Å²) in [6, 6.07) is 16.6. The first-order chi connectivity index (χ1) is 23.6. The zero-order chi connectivity index (χ0) is 37.8. The number of phenolic OH excluding ortho intramolecular Hbond substituents is 1. The molecule has 51 heavy (non-hydrogen) atoms. The van der Waals surface area contributed by atoms with E-state index in [9.17, 15) is 48.4 Å². The van der Waals surface area contributed by atoms with Crippen molar-refractivity contribution in [3.05, 3.63) is 94.0 Å². The second-order valence-electron chi connectivity index (χ2n) is 11.2. The highest BCUT2D eigenvalue weighted by Crippen LogP contribution is 2.39. The van der Waals surface area contributed by atoms with Gasteiger partial charge in [0.25, 0.3) is 11.8 Å². The molecule has 2 aliphatic rings. The van der Waals surface area contributed by atoms with Gasteiger partial charge >= 0.3 is 0 Å². The molecule has 14 nitrogen and oxygen atoms in total. The van der Waals surface area contributed by atoms with Crippen LogP contribution in [0.4, 0.5) is 11.4 Å². The number of halogens is 2. The van der Waals surface area contributed by atoms with Crippen LogP contribution in [0.15, 0.2) is 92.4 Å². The first kappa shape index (κ1) is 38.0. The molecular formula is C31H26Cl2N2O12S4. The molecule has 2 aliphatic heterocycles. The molecule has 0 atom stereocenters. The molecule has 0 spiro atoms. The summed E-state index contributed by atoms with van der Waals surface area (Å²) in [5.74, 6) is -3.22. The van der Waals surface area contributed by atoms with Gasteiger partial charge in [0.15, 0.2) is 50.8 Å². The molecule has 2 heterocycles. The average Bonchev–Trinajstić information content (AvgIpc) is 3.49. The molecule has 0 bridgehead atoms. The second-order valence-corrected chi connectivity index (χ2v) is 19.9. The molecule has 0 aliphatic carbocycles. The summed E-state index contributed by atoms with van der Waals surface area (Å²) >= 11 is 11.9. The summed E-state index contributed by atoms with van der Waals surface area (Å²) in [6.07, 6.45) is 1.83. The average molecular weight is 818 g/mol. The van der Waals surface area contributed by atoms with Crippen molar-refractivity contribution in [3.8, 4) is 11.5 Å². The van der Waals surface area contributed by atoms with E-state index in [2.05, 4.69) is 0 Å². The molecule has 1 N–H and O–H groups in total. The fraction of sp³-hybridized carbons (Fsp3) is 0.161. The Kier molecular flexibility index (Phi) is 10.0. The van der Waals surface area contributed by atoms with Crippen LogP contribution in [0.5, 0.6) is 11.5 Å². The Labute approximate surface area is 303 Å². The summed E-state index contributed by atoms with van der Waals surface area (Å²) in [4.78, 5) is 27.1. The number of phenols is 1. The van der Waals surface area contributed by atoms with Crippen LogP contribution in [0, 0.1) is 0 Å². The summed E-state index contributed by atoms with van der Waals surface area (Å²) in [5.41, 5.74) is 0.251. The number of para-hydroxylation sites is 2. The van der Waals surface area contributed by atoms with Crippen molar-refractivity contribution in [3.63, 3.8) is 0 Å². The van der Waals surface area contributed by atoms with Crippen LogP contribution in [0.25, 0.3) is 0 Å². The number of methoxy groups -OCH3 is 1. The van der Waals surface area contributed by atoms with Gasteiger partial charge in [0.2, 0.25) is 0 Å². The normalized spacial score (nSPS) is 15.7. The first-order valence-electron chi connectivity index (χ1n) is 14.2. The molecule has 4 aromatic carbocycles. The van der Waals surface area contributed by atoms with Crippen LogP contribution in [-0.4, -0.2) is 82.0 Å². The van der Waals surface area contributed by atoms with Gasteiger partial charge in [0, 0.05) is 23.6 Å². The molecule has 0 saturated carbocycles. The summed E-state index contributed by atoms with van der Waals surface area (Å²) in [7, 11) is -13.6. The maximum atomic E-state index is 12.9. The third-order valence-corrected chi connectivity index (χ3v) is 13.6. The number of aromatic hydroxyl groups is 1. The third-order valence-electron chi connectivity index (χ3n) is 7.61. The second kappa shape index (κ2) is 13.4. The topological polar surface area (TPSA) is 207 Å². The Morgan fingerprint density at radius 3 is 1.49 bits per heavy atom. The van der Waals surface area contributed by atoms with E-state index in [0.717, 1.165) is 40.5 Å². The molecule has 20 heteroatoms. The van der Waals surface area contributed by atoms with E-state index in [-0.39, 0.29) is 53.0 Å². The van der Waals surface area contributed by atoms with Crippen LogP contribution < -0.4 is 14.5 Å². The van der Waals surface area contributed by atoms with Crippen molar-refractivity contribution in [2.24, 2.45) is 0 Å². The van der Waals surface area contributed by atoms with E-state index in [1.807, 2.05) is 0 Å². The number of ether oxygens (including phenoxy) is 1. The summed E-state index contributed by atoms with van der Waals surface area (Å²) < 4.78 is 101. The lowest BCUT2D eigenvalue weighted by Crippen LogP contribution is -2.30. The number of carbonyl (C=O) groups excluding carboxylic acids is 2. The minimum absolute atomic E-state index is 0.0246. The van der Waals surface area contributed by atoms with Crippen molar-refractivity contribution >= 4 is 85.7 Å². The lowest BCUT2D eigenvalue weighted by atomic mass is 10.1. The number of hydrogen-bond donors (Lipinski definition) is 1. The van der Waals surface area contributed by atoms with Gasteiger partial charge in [-0.1, -0.05) is 47.5 Å². The maximum absolute atomic E-state index is 12.9. The van der Waals surface area contributed by atoms with Crippen LogP contribution in [0.1, 0.15) is 20.7 Å². The number of fused-ring (bicyclic) bond motifs is 2. The molecule has 0 unspecified atom stereocenters. The van der Waals surface area contributed by atoms with Gasteiger partial charge in [0.05, 0.1) is 38.3 Å². The summed E-state index contributed by atoms with van der Waals surface area (Å²) in [6.45, 7) is 0. The smallest absolute Gasteiger partial charge is 0.259 e. The molecule has 0 saturated heterocycles. The monoisotopic (exact) mass is 816 g/mol. The number of anilines is 2. The predicted molar refractivity (Wildman–Crippen MR) is 188 cm³/mol. The largest absolute Gasteiger partial charge is 0.505 e. The van der Waals surface area contributed by atoms with Gasteiger partial charge < -0.3 is 9.84 Å². The highest BCUT2D eigenvalue weighted by Gasteiger charge is 2.38. The first-order valence-corrected chi connectivity index (χ1v) is 22.0. The Morgan fingerprint density at radius 2 is 1.08 bits per heavy atom. The minimum Gasteiger partial charge on any atom is -0.505 e. The third kappa shape index (κ3) is 7.29. The highest BCUT2D eigenvalue weighted by molar-refractivity contribution is 7.92. The number of rotatable bonds is 5. The van der Waals surface area contributed by atoms with Gasteiger partial charge in [-0.15, -0.1) is 0 Å². The summed E-state index contributed by atoms with van der Waals surface area (Å²) in [5, 5.41) is 9.43. The van der Waals surface area contributed by atoms with Gasteiger partial charge in [-0.05, 0) is 48.5 Å². The Bertz CT molecular complexity index is 2590. The fourth-order valence-electron chi connectivity index (χ4n) is 5.30. The predicted octanol–water partition coefficient (Wildman–Crippen LogP) is 3.98. The van der Waals surface area contributed by atoms with Crippen molar-refractivity contribution in [1.82, 2.24) is 0 Å². The van der Waals surface area contributed by atoms with Crippen molar-refractivity contribution in [1.29, 1.82) is 0 Å². The lowest BCUT2D eigenvalue weighted by molar-refractivity contribution is 0.0983. The molecular weight excluding hydrogens is 792 g/mol. The molecule has 0 fully saturated rings. The van der Waals surface area contributed by atoms with Crippen molar-refractivity contribution < 1.29 is 53.1 Å². The Balaban J connectivity index is 0.000000198. The molecule has 0 radical (unpaired) electrons. The number of benzene rings is 4. The fourth-order valence-corrected chi connectivity index (χ4v) is 10.6. The van der Waals surface area contributed by atoms with E-state index in [4.69, 9.17) is 27.9 Å². The van der Waals surface area contributed by atoms with Gasteiger partial charge in [0.1, 0.15) is 21.5 Å². The van der Waals surface area contributed by atoms with Gasteiger partial charge in [-0.2, -0.15) is 0 Å². The highest BCUT2D eigenvalue weighted by atomic mass is 35.5. The van der Waals surface area contributed by atoms with E-state index in [1.165, 1.54) is 37.4 Å². The van der Waals surface area contributed by atoms with E-state index < -0.39 is 73.6 Å². The zero-order valence-electron chi connectivity index (χ0n) is 26.6. The Hall–Kier alpha value is -4.20. The quantitative estimate of drug-likeness (QED) is 0.304. The number of amides is 2. The van der Waals surface area contributed by atoms with Crippen LogP contribution >= 0.6 is 23.2 Å². The van der Waals surface area contributed by atoms with Gasteiger partial charge in [-0.25, -0.2) is 33.7 Å². The maximum Gasteiger partial charge on any atom is 0.259 e. The molecule has 2 amide bonds. The van der Waals surface area contributed by atoms with E-state index in [0.29, 0.717) is 0 Å². The van der Waals surface area contributed by atoms with Crippen molar-refractivity contribution in [2.45, 2.75) is 19.6 Å². The standard InChI is InChI=1S/C16H14ClNO6S2.C15H12ClNO6S2/c1-24-15-11(17)7-10(8-14(15)25(2,20)21)16(19)18-9-26(22,23)13-6-4-3-5-12(13)18;1-24(20,21)13-7-9(6-10(16)14(13)18)15(19)17-8-25(22,23)12-5-3-2-4-11(12)17/h3-8H,9H2,1-2H3;2-7,18H,8H2,1H3. The van der Waals surface area contributed by atoms with Crippen molar-refractivity contribution in [2.75, 3.05) is 41.2 Å². The number of nitrogens with zero attached hydrogens (tertiary/aromatic N) is 2. The molecule has 6 rings (SSSR count). The molecule has 0 aromatic heterocycles. The van der Waals surface area contributed by atoms with E-state index in [1.54, 1.807) is 24.3 Å². The molecule has 270 valence electrons. The SMILES string of the molecule is COc1c(Cl)cc(C(=O)N2CS(=O)(=O)c3ccccc32)cc1S(C)(=O)=O.CS(=O)(=O)c1cc(C(=O)N2CS(=O)(=O)c3ccccc32)cc(Cl)c1O. The van der Waals surface area contributed by atoms with Crippen LogP contribution in [0.2, 0.25) is 10.0 Å².